The van der Waals surface area contributed by atoms with Gasteiger partial charge in [0, 0.05) is 30.4 Å². The summed E-state index contributed by atoms with van der Waals surface area (Å²) in [6, 6.07) is 8.37. The molecule has 2 N–H and O–H groups in total. The number of benzene rings is 1. The minimum absolute atomic E-state index is 0.0953. The predicted octanol–water partition coefficient (Wildman–Crippen LogP) is 0.918. The molecular weight excluding hydrogens is 322 g/mol. The quantitative estimate of drug-likeness (QED) is 0.801. The monoisotopic (exact) mass is 341 g/mol. The first-order chi connectivity index (χ1) is 12.1. The summed E-state index contributed by atoms with van der Waals surface area (Å²) in [6.07, 6.45) is -0.670. The van der Waals surface area contributed by atoms with E-state index in [1.807, 2.05) is 6.07 Å². The molecule has 0 bridgehead atoms. The number of anilines is 1. The Kier molecular flexibility index (Phi) is 3.89. The number of aryl methyl sites for hydroxylation is 1. The number of fused-ring (bicyclic) bond motifs is 1. The van der Waals surface area contributed by atoms with Crippen molar-refractivity contribution in [2.75, 3.05) is 31.6 Å². The SMILES string of the molecule is Cc1cc(=O)n2c(n1)NC(N1CCOCC1)=N[C@H]2c1ccccc1O. The third-order valence-electron chi connectivity index (χ3n) is 4.32. The molecule has 0 saturated carbocycles. The summed E-state index contributed by atoms with van der Waals surface area (Å²) in [6.45, 7) is 4.43. The highest BCUT2D eigenvalue weighted by atomic mass is 16.5. The Hall–Kier alpha value is -2.87. The predicted molar refractivity (Wildman–Crippen MR) is 92.9 cm³/mol. The number of ether oxygens (including phenoxy) is 1. The second-order valence-corrected chi connectivity index (χ2v) is 6.04. The number of phenolic OH excluding ortho intramolecular Hbond substituents is 1. The number of morpholine rings is 1. The third kappa shape index (κ3) is 2.85. The zero-order valence-electron chi connectivity index (χ0n) is 13.8. The molecule has 0 unspecified atom stereocenters. The van der Waals surface area contributed by atoms with E-state index >= 15 is 0 Å². The first-order valence-electron chi connectivity index (χ1n) is 8.19. The average Bonchev–Trinajstić information content (AvgIpc) is 2.61. The number of aromatic hydroxyl groups is 1. The van der Waals surface area contributed by atoms with Crippen molar-refractivity contribution in [3.63, 3.8) is 0 Å². The molecule has 1 fully saturated rings. The lowest BCUT2D eigenvalue weighted by Gasteiger charge is -2.34. The van der Waals surface area contributed by atoms with Crippen molar-refractivity contribution in [3.05, 3.63) is 51.9 Å². The molecule has 0 radical (unpaired) electrons. The normalized spacial score (nSPS) is 19.8. The standard InChI is InChI=1S/C17H19N5O3/c1-11-10-14(24)22-15(12-4-2-3-5-13(12)23)19-16(20-17(22)18-11)21-6-8-25-9-7-21/h2-5,10,15,23H,6-9H2,1H3,(H,18,19,20)/t15-/m1/s1. The minimum Gasteiger partial charge on any atom is -0.508 e. The topological polar surface area (TPSA) is 92.0 Å². The second kappa shape index (κ2) is 6.21. The van der Waals surface area contributed by atoms with Gasteiger partial charge in [0.1, 0.15) is 5.75 Å². The molecule has 2 aliphatic rings. The van der Waals surface area contributed by atoms with Gasteiger partial charge >= 0.3 is 0 Å². The molecule has 130 valence electrons. The first-order valence-corrected chi connectivity index (χ1v) is 8.19. The number of nitrogens with one attached hydrogen (secondary N) is 1. The highest BCUT2D eigenvalue weighted by molar-refractivity contribution is 5.93. The van der Waals surface area contributed by atoms with E-state index in [-0.39, 0.29) is 11.3 Å². The van der Waals surface area contributed by atoms with E-state index in [0.717, 1.165) is 0 Å². The zero-order valence-corrected chi connectivity index (χ0v) is 13.8. The van der Waals surface area contributed by atoms with Gasteiger partial charge in [-0.15, -0.1) is 0 Å². The summed E-state index contributed by atoms with van der Waals surface area (Å²) in [4.78, 5) is 23.8. The van der Waals surface area contributed by atoms with Crippen LogP contribution in [0.2, 0.25) is 0 Å². The smallest absolute Gasteiger partial charge is 0.257 e. The van der Waals surface area contributed by atoms with E-state index in [9.17, 15) is 9.90 Å². The molecule has 8 nitrogen and oxygen atoms in total. The average molecular weight is 341 g/mol. The molecule has 0 amide bonds. The number of phenols is 1. The summed E-state index contributed by atoms with van der Waals surface area (Å²) < 4.78 is 6.86. The fourth-order valence-electron chi connectivity index (χ4n) is 3.09. The van der Waals surface area contributed by atoms with Gasteiger partial charge in [-0.25, -0.2) is 9.98 Å². The third-order valence-corrected chi connectivity index (χ3v) is 4.32. The molecular formula is C17H19N5O3. The summed E-state index contributed by atoms with van der Waals surface area (Å²) in [5, 5.41) is 13.4. The number of aliphatic imine (C=N–C) groups is 1. The van der Waals surface area contributed by atoms with Crippen LogP contribution < -0.4 is 10.9 Å². The minimum atomic E-state index is -0.670. The lowest BCUT2D eigenvalue weighted by molar-refractivity contribution is 0.0675. The van der Waals surface area contributed by atoms with Crippen molar-refractivity contribution in [2.45, 2.75) is 13.1 Å². The van der Waals surface area contributed by atoms with Crippen LogP contribution in [0.25, 0.3) is 0 Å². The maximum atomic E-state index is 12.6. The van der Waals surface area contributed by atoms with Crippen LogP contribution in [0.3, 0.4) is 0 Å². The Labute approximate surface area is 144 Å². The maximum absolute atomic E-state index is 12.6. The van der Waals surface area contributed by atoms with Gasteiger partial charge in [0.05, 0.1) is 13.2 Å². The van der Waals surface area contributed by atoms with Crippen LogP contribution in [0.1, 0.15) is 17.4 Å². The van der Waals surface area contributed by atoms with Crippen LogP contribution in [-0.2, 0) is 4.74 Å². The molecule has 4 rings (SSSR count). The number of hydrogen-bond donors (Lipinski definition) is 2. The number of para-hydroxylation sites is 1. The summed E-state index contributed by atoms with van der Waals surface area (Å²) >= 11 is 0. The van der Waals surface area contributed by atoms with E-state index < -0.39 is 6.17 Å². The van der Waals surface area contributed by atoms with Gasteiger partial charge in [-0.1, -0.05) is 18.2 Å². The van der Waals surface area contributed by atoms with Crippen LogP contribution in [0.4, 0.5) is 5.95 Å². The Morgan fingerprint density at radius 1 is 1.28 bits per heavy atom. The molecule has 25 heavy (non-hydrogen) atoms. The van der Waals surface area contributed by atoms with Crippen molar-refractivity contribution in [1.82, 2.24) is 14.5 Å². The molecule has 1 atom stereocenters. The second-order valence-electron chi connectivity index (χ2n) is 6.04. The zero-order chi connectivity index (χ0) is 17.4. The molecule has 1 saturated heterocycles. The summed E-state index contributed by atoms with van der Waals surface area (Å²) in [7, 11) is 0. The number of aromatic nitrogens is 2. The number of guanidine groups is 1. The van der Waals surface area contributed by atoms with Gasteiger partial charge in [0.2, 0.25) is 11.9 Å². The van der Waals surface area contributed by atoms with E-state index in [1.165, 1.54) is 10.6 Å². The van der Waals surface area contributed by atoms with Gasteiger partial charge in [0.15, 0.2) is 6.17 Å². The molecule has 1 aromatic carbocycles. The van der Waals surface area contributed by atoms with Gasteiger partial charge in [0.25, 0.3) is 5.56 Å². The maximum Gasteiger partial charge on any atom is 0.257 e. The van der Waals surface area contributed by atoms with Gasteiger partial charge in [-0.3, -0.25) is 14.7 Å². The van der Waals surface area contributed by atoms with E-state index in [2.05, 4.69) is 15.2 Å². The van der Waals surface area contributed by atoms with Crippen LogP contribution in [0.5, 0.6) is 5.75 Å². The van der Waals surface area contributed by atoms with Crippen LogP contribution >= 0.6 is 0 Å². The number of rotatable bonds is 1. The Morgan fingerprint density at radius 2 is 2.04 bits per heavy atom. The number of nitrogens with zero attached hydrogens (tertiary/aromatic N) is 4. The van der Waals surface area contributed by atoms with E-state index in [4.69, 9.17) is 9.73 Å². The fourth-order valence-corrected chi connectivity index (χ4v) is 3.09. The largest absolute Gasteiger partial charge is 0.508 e. The van der Waals surface area contributed by atoms with Gasteiger partial charge in [-0.05, 0) is 13.0 Å². The molecule has 1 aromatic heterocycles. The van der Waals surface area contributed by atoms with Crippen LogP contribution in [0, 0.1) is 6.92 Å². The van der Waals surface area contributed by atoms with Crippen LogP contribution in [0.15, 0.2) is 40.1 Å². The lowest BCUT2D eigenvalue weighted by atomic mass is 10.1. The fraction of sp³-hybridized carbons (Fsp3) is 0.353. The molecule has 2 aliphatic heterocycles. The molecule has 3 heterocycles. The molecule has 2 aromatic rings. The Bertz CT molecular complexity index is 886. The van der Waals surface area contributed by atoms with Crippen molar-refractivity contribution >= 4 is 11.9 Å². The van der Waals surface area contributed by atoms with Crippen molar-refractivity contribution < 1.29 is 9.84 Å². The highest BCUT2D eigenvalue weighted by Gasteiger charge is 2.29. The highest BCUT2D eigenvalue weighted by Crippen LogP contribution is 2.31. The molecule has 0 aliphatic carbocycles. The molecule has 0 spiro atoms. The van der Waals surface area contributed by atoms with Crippen molar-refractivity contribution in [2.24, 2.45) is 4.99 Å². The first kappa shape index (κ1) is 15.6. The van der Waals surface area contributed by atoms with E-state index in [1.54, 1.807) is 25.1 Å². The summed E-state index contributed by atoms with van der Waals surface area (Å²) in [5.74, 6) is 1.15. The Balaban J connectivity index is 1.85. The lowest BCUT2D eigenvalue weighted by Crippen LogP contribution is -2.47. The van der Waals surface area contributed by atoms with Gasteiger partial charge in [-0.2, -0.15) is 0 Å². The van der Waals surface area contributed by atoms with Crippen LogP contribution in [-0.4, -0.2) is 51.8 Å². The number of hydrogen-bond acceptors (Lipinski definition) is 7. The summed E-state index contributed by atoms with van der Waals surface area (Å²) in [5.41, 5.74) is 0.972. The van der Waals surface area contributed by atoms with E-state index in [0.29, 0.717) is 49.5 Å². The van der Waals surface area contributed by atoms with Gasteiger partial charge < -0.3 is 14.7 Å². The van der Waals surface area contributed by atoms with Crippen molar-refractivity contribution in [1.29, 1.82) is 0 Å². The molecule has 8 heteroatoms. The Morgan fingerprint density at radius 3 is 2.80 bits per heavy atom. The van der Waals surface area contributed by atoms with Crippen molar-refractivity contribution in [3.8, 4) is 5.75 Å².